The maximum absolute atomic E-state index is 12.0. The number of benzene rings is 1. The van der Waals surface area contributed by atoms with Gasteiger partial charge in [-0.2, -0.15) is 4.98 Å². The molecular formula is C15H16N2O3. The average molecular weight is 272 g/mol. The van der Waals surface area contributed by atoms with Gasteiger partial charge in [-0.25, -0.2) is 0 Å². The lowest BCUT2D eigenvalue weighted by atomic mass is 10.1. The molecule has 1 atom stereocenters. The molecule has 0 saturated carbocycles. The van der Waals surface area contributed by atoms with E-state index in [2.05, 4.69) is 9.97 Å². The largest absolute Gasteiger partial charge is 0.493 e. The fraction of sp³-hybridized carbons (Fsp3) is 0.333. The standard InChI is InChI=1S/C15H16N2O3/c1-8(2)12-14(18)16-13(17-15(12)19)11-7-9-5-3-4-6-10(9)20-11/h3-6,8,11H,7H2,1-2H3,(H2,16,17,18,19). The number of aromatic amines is 1. The first-order valence-electron chi connectivity index (χ1n) is 6.64. The Labute approximate surface area is 116 Å². The normalized spacial score (nSPS) is 17.1. The number of rotatable bonds is 2. The van der Waals surface area contributed by atoms with Crippen molar-refractivity contribution in [3.63, 3.8) is 0 Å². The van der Waals surface area contributed by atoms with Crippen molar-refractivity contribution in [2.75, 3.05) is 0 Å². The summed E-state index contributed by atoms with van der Waals surface area (Å²) in [5, 5.41) is 9.93. The summed E-state index contributed by atoms with van der Waals surface area (Å²) in [5.74, 6) is 0.876. The molecule has 5 nitrogen and oxygen atoms in total. The van der Waals surface area contributed by atoms with Crippen LogP contribution in [0.25, 0.3) is 0 Å². The molecule has 2 N–H and O–H groups in total. The van der Waals surface area contributed by atoms with Gasteiger partial charge in [0.15, 0.2) is 11.9 Å². The highest BCUT2D eigenvalue weighted by Crippen LogP contribution is 2.35. The van der Waals surface area contributed by atoms with E-state index in [4.69, 9.17) is 4.74 Å². The fourth-order valence-corrected chi connectivity index (χ4v) is 2.49. The summed E-state index contributed by atoms with van der Waals surface area (Å²) in [6.07, 6.45) is 0.284. The van der Waals surface area contributed by atoms with Gasteiger partial charge in [-0.15, -0.1) is 0 Å². The van der Waals surface area contributed by atoms with Crippen LogP contribution >= 0.6 is 0 Å². The van der Waals surface area contributed by atoms with Gasteiger partial charge in [0.25, 0.3) is 5.56 Å². The van der Waals surface area contributed by atoms with Crippen LogP contribution in [0.3, 0.4) is 0 Å². The molecule has 0 aliphatic carbocycles. The second-order valence-electron chi connectivity index (χ2n) is 5.26. The quantitative estimate of drug-likeness (QED) is 0.879. The van der Waals surface area contributed by atoms with Crippen LogP contribution in [0, 0.1) is 0 Å². The molecule has 0 fully saturated rings. The Morgan fingerprint density at radius 3 is 2.80 bits per heavy atom. The summed E-state index contributed by atoms with van der Waals surface area (Å²) in [4.78, 5) is 18.8. The molecular weight excluding hydrogens is 256 g/mol. The van der Waals surface area contributed by atoms with Gasteiger partial charge in [0.1, 0.15) is 5.75 Å². The zero-order valence-corrected chi connectivity index (χ0v) is 11.4. The van der Waals surface area contributed by atoms with E-state index in [9.17, 15) is 9.90 Å². The van der Waals surface area contributed by atoms with E-state index >= 15 is 0 Å². The molecule has 0 bridgehead atoms. The monoisotopic (exact) mass is 272 g/mol. The summed E-state index contributed by atoms with van der Waals surface area (Å²) >= 11 is 0. The van der Waals surface area contributed by atoms with Crippen molar-refractivity contribution >= 4 is 0 Å². The molecule has 0 radical (unpaired) electrons. The SMILES string of the molecule is CC(C)c1c(O)nc(C2Cc3ccccc3O2)[nH]c1=O. The van der Waals surface area contributed by atoms with Crippen LogP contribution in [0.5, 0.6) is 11.6 Å². The van der Waals surface area contributed by atoms with Gasteiger partial charge in [0, 0.05) is 6.42 Å². The minimum Gasteiger partial charge on any atom is -0.493 e. The maximum atomic E-state index is 12.0. The number of hydrogen-bond donors (Lipinski definition) is 2. The first kappa shape index (κ1) is 12.7. The maximum Gasteiger partial charge on any atom is 0.258 e. The Morgan fingerprint density at radius 2 is 2.15 bits per heavy atom. The van der Waals surface area contributed by atoms with E-state index in [1.807, 2.05) is 38.1 Å². The molecule has 1 aromatic heterocycles. The van der Waals surface area contributed by atoms with E-state index in [0.29, 0.717) is 17.8 Å². The van der Waals surface area contributed by atoms with Crippen LogP contribution in [0.15, 0.2) is 29.1 Å². The Bertz CT molecular complexity index is 682. The van der Waals surface area contributed by atoms with Crippen molar-refractivity contribution in [2.45, 2.75) is 32.3 Å². The third-order valence-corrected chi connectivity index (χ3v) is 3.48. The molecule has 3 rings (SSSR count). The van der Waals surface area contributed by atoms with Crippen LogP contribution in [-0.4, -0.2) is 15.1 Å². The summed E-state index contributed by atoms with van der Waals surface area (Å²) in [6, 6.07) is 7.71. The zero-order chi connectivity index (χ0) is 14.3. The van der Waals surface area contributed by atoms with Crippen molar-refractivity contribution in [2.24, 2.45) is 0 Å². The van der Waals surface area contributed by atoms with E-state index in [0.717, 1.165) is 11.3 Å². The van der Waals surface area contributed by atoms with Crippen molar-refractivity contribution in [3.05, 3.63) is 51.6 Å². The Balaban J connectivity index is 1.96. The summed E-state index contributed by atoms with van der Waals surface area (Å²) in [6.45, 7) is 3.68. The highest BCUT2D eigenvalue weighted by Gasteiger charge is 2.27. The van der Waals surface area contributed by atoms with Crippen molar-refractivity contribution in [3.8, 4) is 11.6 Å². The Kier molecular flexibility index (Phi) is 2.97. The Morgan fingerprint density at radius 1 is 1.40 bits per heavy atom. The summed E-state index contributed by atoms with van der Waals surface area (Å²) in [5.41, 5.74) is 1.08. The highest BCUT2D eigenvalue weighted by molar-refractivity contribution is 5.38. The third kappa shape index (κ3) is 2.05. The smallest absolute Gasteiger partial charge is 0.258 e. The number of nitrogens with one attached hydrogen (secondary N) is 1. The van der Waals surface area contributed by atoms with Crippen LogP contribution in [0.1, 0.15) is 42.8 Å². The molecule has 104 valence electrons. The van der Waals surface area contributed by atoms with Gasteiger partial charge >= 0.3 is 0 Å². The van der Waals surface area contributed by atoms with Gasteiger partial charge in [-0.05, 0) is 17.5 Å². The van der Waals surface area contributed by atoms with E-state index < -0.39 is 0 Å². The average Bonchev–Trinajstić information content (AvgIpc) is 2.81. The van der Waals surface area contributed by atoms with Gasteiger partial charge in [0.2, 0.25) is 5.88 Å². The first-order chi connectivity index (χ1) is 9.56. The van der Waals surface area contributed by atoms with Gasteiger partial charge < -0.3 is 14.8 Å². The lowest BCUT2D eigenvalue weighted by Gasteiger charge is -2.12. The molecule has 1 aliphatic rings. The molecule has 1 aliphatic heterocycles. The van der Waals surface area contributed by atoms with E-state index in [-0.39, 0.29) is 23.5 Å². The number of hydrogen-bond acceptors (Lipinski definition) is 4. The number of para-hydroxylation sites is 1. The molecule has 5 heteroatoms. The molecule has 20 heavy (non-hydrogen) atoms. The predicted molar refractivity (Wildman–Crippen MR) is 74.1 cm³/mol. The number of fused-ring (bicyclic) bond motifs is 1. The third-order valence-electron chi connectivity index (χ3n) is 3.48. The molecule has 1 unspecified atom stereocenters. The van der Waals surface area contributed by atoms with Crippen LogP contribution in [0.2, 0.25) is 0 Å². The van der Waals surface area contributed by atoms with Crippen molar-refractivity contribution in [1.29, 1.82) is 0 Å². The van der Waals surface area contributed by atoms with E-state index in [1.54, 1.807) is 0 Å². The number of ether oxygens (including phenoxy) is 1. The minimum absolute atomic E-state index is 0.0815. The molecule has 0 amide bonds. The van der Waals surface area contributed by atoms with Gasteiger partial charge in [0.05, 0.1) is 5.56 Å². The highest BCUT2D eigenvalue weighted by atomic mass is 16.5. The predicted octanol–water partition coefficient (Wildman–Crippen LogP) is 2.28. The van der Waals surface area contributed by atoms with Crippen molar-refractivity contribution < 1.29 is 9.84 Å². The first-order valence-corrected chi connectivity index (χ1v) is 6.64. The lowest BCUT2D eigenvalue weighted by molar-refractivity contribution is 0.225. The summed E-state index contributed by atoms with van der Waals surface area (Å²) in [7, 11) is 0. The second-order valence-corrected chi connectivity index (χ2v) is 5.26. The lowest BCUT2D eigenvalue weighted by Crippen LogP contribution is -2.21. The molecule has 0 spiro atoms. The topological polar surface area (TPSA) is 75.2 Å². The second kappa shape index (κ2) is 4.67. The molecule has 2 aromatic rings. The van der Waals surface area contributed by atoms with Crippen LogP contribution in [0.4, 0.5) is 0 Å². The summed E-state index contributed by atoms with van der Waals surface area (Å²) < 4.78 is 5.76. The number of aromatic hydroxyl groups is 1. The van der Waals surface area contributed by atoms with E-state index in [1.165, 1.54) is 0 Å². The number of nitrogens with zero attached hydrogens (tertiary/aromatic N) is 1. The molecule has 2 heterocycles. The van der Waals surface area contributed by atoms with Crippen LogP contribution in [-0.2, 0) is 6.42 Å². The number of aromatic nitrogens is 2. The molecule has 1 aromatic carbocycles. The fourth-order valence-electron chi connectivity index (χ4n) is 2.49. The van der Waals surface area contributed by atoms with Crippen LogP contribution < -0.4 is 10.3 Å². The Hall–Kier alpha value is -2.30. The molecule has 0 saturated heterocycles. The number of H-pyrrole nitrogens is 1. The van der Waals surface area contributed by atoms with Gasteiger partial charge in [-0.3, -0.25) is 4.79 Å². The minimum atomic E-state index is -0.354. The van der Waals surface area contributed by atoms with Gasteiger partial charge in [-0.1, -0.05) is 32.0 Å². The van der Waals surface area contributed by atoms with Crippen molar-refractivity contribution in [1.82, 2.24) is 9.97 Å². The zero-order valence-electron chi connectivity index (χ0n) is 11.4.